The van der Waals surface area contributed by atoms with Crippen LogP contribution in [0.3, 0.4) is 0 Å². The molecule has 0 fully saturated rings. The predicted molar refractivity (Wildman–Crippen MR) is 53.4 cm³/mol. The van der Waals surface area contributed by atoms with Crippen molar-refractivity contribution >= 4 is 11.6 Å². The van der Waals surface area contributed by atoms with Gasteiger partial charge >= 0.3 is 0 Å². The number of benzene rings is 1. The van der Waals surface area contributed by atoms with Crippen molar-refractivity contribution in [3.63, 3.8) is 0 Å². The molecule has 1 aromatic carbocycles. The van der Waals surface area contributed by atoms with Crippen molar-refractivity contribution in [2.75, 3.05) is 19.6 Å². The summed E-state index contributed by atoms with van der Waals surface area (Å²) in [7, 11) is 1.65. The average Bonchev–Trinajstić information content (AvgIpc) is 2.19. The van der Waals surface area contributed by atoms with Gasteiger partial charge in [0.25, 0.3) is 0 Å². The number of halogens is 1. The zero-order valence-electron chi connectivity index (χ0n) is 7.63. The summed E-state index contributed by atoms with van der Waals surface area (Å²) in [6, 6.07) is 7.80. The summed E-state index contributed by atoms with van der Waals surface area (Å²) in [5, 5.41) is 0. The van der Waals surface area contributed by atoms with Gasteiger partial charge in [0.2, 0.25) is 0 Å². The van der Waals surface area contributed by atoms with Crippen molar-refractivity contribution < 1.29 is 9.47 Å². The number of hydrogen-bond donors (Lipinski definition) is 0. The van der Waals surface area contributed by atoms with E-state index in [0.717, 1.165) is 11.3 Å². The lowest BCUT2D eigenvalue weighted by Crippen LogP contribution is -1.96. The van der Waals surface area contributed by atoms with Crippen LogP contribution in [0, 0.1) is 0 Å². The Balaban J connectivity index is 2.46. The van der Waals surface area contributed by atoms with Crippen LogP contribution in [-0.4, -0.2) is 19.6 Å². The highest BCUT2D eigenvalue weighted by atomic mass is 35.5. The van der Waals surface area contributed by atoms with Crippen LogP contribution in [0.15, 0.2) is 24.3 Å². The van der Waals surface area contributed by atoms with Crippen LogP contribution in [0.5, 0.6) is 5.75 Å². The second-order valence-corrected chi connectivity index (χ2v) is 2.97. The molecule has 0 bridgehead atoms. The zero-order valence-corrected chi connectivity index (χ0v) is 8.38. The first-order valence-corrected chi connectivity index (χ1v) is 4.67. The normalized spacial score (nSPS) is 10.0. The van der Waals surface area contributed by atoms with Gasteiger partial charge in [0.15, 0.2) is 0 Å². The molecule has 0 aliphatic rings. The van der Waals surface area contributed by atoms with E-state index in [1.165, 1.54) is 0 Å². The Morgan fingerprint density at radius 1 is 1.38 bits per heavy atom. The highest BCUT2D eigenvalue weighted by molar-refractivity contribution is 6.17. The van der Waals surface area contributed by atoms with E-state index in [1.54, 1.807) is 7.11 Å². The monoisotopic (exact) mass is 200 g/mol. The van der Waals surface area contributed by atoms with Gasteiger partial charge in [-0.25, -0.2) is 0 Å². The van der Waals surface area contributed by atoms with Gasteiger partial charge in [0.05, 0.1) is 20.3 Å². The second kappa shape index (κ2) is 5.84. The van der Waals surface area contributed by atoms with E-state index >= 15 is 0 Å². The Bertz CT molecular complexity index is 250. The SMILES string of the molecule is COc1cccc(COCCCl)c1. The minimum absolute atomic E-state index is 0.532. The van der Waals surface area contributed by atoms with Crippen LogP contribution in [0.2, 0.25) is 0 Å². The number of hydrogen-bond acceptors (Lipinski definition) is 2. The van der Waals surface area contributed by atoms with Crippen molar-refractivity contribution in [2.24, 2.45) is 0 Å². The number of methoxy groups -OCH3 is 1. The van der Waals surface area contributed by atoms with Gasteiger partial charge in [-0.3, -0.25) is 0 Å². The fourth-order valence-corrected chi connectivity index (χ4v) is 1.12. The molecule has 0 radical (unpaired) electrons. The summed E-state index contributed by atoms with van der Waals surface area (Å²) in [6.45, 7) is 1.17. The van der Waals surface area contributed by atoms with Crippen molar-refractivity contribution in [3.8, 4) is 5.75 Å². The minimum atomic E-state index is 0.532. The molecule has 0 N–H and O–H groups in total. The molecule has 2 nitrogen and oxygen atoms in total. The summed E-state index contributed by atoms with van der Waals surface area (Å²) >= 11 is 5.48. The molecule has 0 unspecified atom stereocenters. The molecule has 1 rings (SSSR count). The molecule has 0 atom stereocenters. The molecule has 0 amide bonds. The lowest BCUT2D eigenvalue weighted by molar-refractivity contribution is 0.135. The molecule has 0 aromatic heterocycles. The third kappa shape index (κ3) is 3.66. The smallest absolute Gasteiger partial charge is 0.119 e. The van der Waals surface area contributed by atoms with Crippen LogP contribution in [0.25, 0.3) is 0 Å². The van der Waals surface area contributed by atoms with Crippen LogP contribution in [0.1, 0.15) is 5.56 Å². The van der Waals surface area contributed by atoms with Crippen molar-refractivity contribution in [3.05, 3.63) is 29.8 Å². The van der Waals surface area contributed by atoms with Crippen LogP contribution < -0.4 is 4.74 Å². The van der Waals surface area contributed by atoms with E-state index < -0.39 is 0 Å². The summed E-state index contributed by atoms with van der Waals surface area (Å²) in [4.78, 5) is 0. The Hall–Kier alpha value is -0.730. The van der Waals surface area contributed by atoms with Gasteiger partial charge in [0.1, 0.15) is 5.75 Å². The number of alkyl halides is 1. The van der Waals surface area contributed by atoms with Crippen molar-refractivity contribution in [2.45, 2.75) is 6.61 Å². The van der Waals surface area contributed by atoms with Crippen LogP contribution in [-0.2, 0) is 11.3 Å². The molecule has 0 saturated carbocycles. The minimum Gasteiger partial charge on any atom is -0.497 e. The largest absolute Gasteiger partial charge is 0.497 e. The van der Waals surface area contributed by atoms with E-state index in [2.05, 4.69) is 0 Å². The second-order valence-electron chi connectivity index (χ2n) is 2.59. The predicted octanol–water partition coefficient (Wildman–Crippen LogP) is 2.45. The summed E-state index contributed by atoms with van der Waals surface area (Å²) in [6.07, 6.45) is 0. The maximum atomic E-state index is 5.48. The first-order valence-electron chi connectivity index (χ1n) is 4.13. The molecule has 0 aliphatic carbocycles. The Morgan fingerprint density at radius 3 is 2.92 bits per heavy atom. The molecule has 72 valence electrons. The van der Waals surface area contributed by atoms with Gasteiger partial charge in [-0.1, -0.05) is 12.1 Å². The van der Waals surface area contributed by atoms with Gasteiger partial charge in [-0.2, -0.15) is 0 Å². The lowest BCUT2D eigenvalue weighted by atomic mass is 10.2. The third-order valence-corrected chi connectivity index (χ3v) is 1.78. The Labute approximate surface area is 83.4 Å². The molecule has 0 aliphatic heterocycles. The average molecular weight is 201 g/mol. The summed E-state index contributed by atoms with van der Waals surface area (Å²) < 4.78 is 10.4. The molecule has 1 aromatic rings. The van der Waals surface area contributed by atoms with Gasteiger partial charge in [-0.15, -0.1) is 11.6 Å². The molecular formula is C10H13ClO2. The van der Waals surface area contributed by atoms with Crippen molar-refractivity contribution in [1.29, 1.82) is 0 Å². The maximum absolute atomic E-state index is 5.48. The third-order valence-electron chi connectivity index (χ3n) is 1.62. The summed E-state index contributed by atoms with van der Waals surface area (Å²) in [5.74, 6) is 1.39. The van der Waals surface area contributed by atoms with E-state index in [0.29, 0.717) is 19.1 Å². The fourth-order valence-electron chi connectivity index (χ4n) is 1.01. The van der Waals surface area contributed by atoms with Gasteiger partial charge in [0, 0.05) is 5.88 Å². The highest BCUT2D eigenvalue weighted by Gasteiger charge is 1.95. The van der Waals surface area contributed by atoms with Gasteiger partial charge < -0.3 is 9.47 Å². The van der Waals surface area contributed by atoms with E-state index in [9.17, 15) is 0 Å². The Morgan fingerprint density at radius 2 is 2.23 bits per heavy atom. The molecule has 3 heteroatoms. The maximum Gasteiger partial charge on any atom is 0.119 e. The van der Waals surface area contributed by atoms with Crippen LogP contribution >= 0.6 is 11.6 Å². The molecular weight excluding hydrogens is 188 g/mol. The number of rotatable bonds is 5. The van der Waals surface area contributed by atoms with E-state index in [-0.39, 0.29) is 0 Å². The topological polar surface area (TPSA) is 18.5 Å². The fraction of sp³-hybridized carbons (Fsp3) is 0.400. The quantitative estimate of drug-likeness (QED) is 0.537. The molecule has 0 saturated heterocycles. The van der Waals surface area contributed by atoms with Crippen LogP contribution in [0.4, 0.5) is 0 Å². The Kier molecular flexibility index (Phi) is 4.65. The number of ether oxygens (including phenoxy) is 2. The van der Waals surface area contributed by atoms with Crippen molar-refractivity contribution in [1.82, 2.24) is 0 Å². The van der Waals surface area contributed by atoms with Gasteiger partial charge in [-0.05, 0) is 17.7 Å². The molecule has 0 heterocycles. The van der Waals surface area contributed by atoms with E-state index in [4.69, 9.17) is 21.1 Å². The highest BCUT2D eigenvalue weighted by Crippen LogP contribution is 2.12. The standard InChI is InChI=1S/C10H13ClO2/c1-12-10-4-2-3-9(7-10)8-13-6-5-11/h2-4,7H,5-6,8H2,1H3. The lowest BCUT2D eigenvalue weighted by Gasteiger charge is -2.04. The first-order chi connectivity index (χ1) is 6.36. The molecule has 0 spiro atoms. The first kappa shape index (κ1) is 10.4. The zero-order chi connectivity index (χ0) is 9.52. The summed E-state index contributed by atoms with van der Waals surface area (Å²) in [5.41, 5.74) is 1.10. The van der Waals surface area contributed by atoms with E-state index in [1.807, 2.05) is 24.3 Å². The molecule has 13 heavy (non-hydrogen) atoms.